The average Bonchev–Trinajstić information content (AvgIpc) is 3.32. The lowest BCUT2D eigenvalue weighted by atomic mass is 9.96. The van der Waals surface area contributed by atoms with Crippen molar-refractivity contribution < 1.29 is 4.79 Å². The van der Waals surface area contributed by atoms with Gasteiger partial charge in [0.2, 0.25) is 0 Å². The highest BCUT2D eigenvalue weighted by molar-refractivity contribution is 5.94. The van der Waals surface area contributed by atoms with Crippen LogP contribution in [0, 0.1) is 6.92 Å². The molecule has 1 atom stereocenters. The zero-order valence-corrected chi connectivity index (χ0v) is 15.7. The fraction of sp³-hybridized carbons (Fsp3) is 0.400. The van der Waals surface area contributed by atoms with Crippen LogP contribution in [0.1, 0.15) is 46.3 Å². The van der Waals surface area contributed by atoms with Crippen LogP contribution < -0.4 is 0 Å². The summed E-state index contributed by atoms with van der Waals surface area (Å²) < 4.78 is 4.04. The van der Waals surface area contributed by atoms with Crippen LogP contribution in [0.5, 0.6) is 0 Å². The van der Waals surface area contributed by atoms with E-state index < -0.39 is 0 Å². The molecule has 0 N–H and O–H groups in total. The highest BCUT2D eigenvalue weighted by Gasteiger charge is 2.29. The lowest BCUT2D eigenvalue weighted by Crippen LogP contribution is -2.39. The number of hydrogen-bond donors (Lipinski definition) is 0. The molecule has 0 unspecified atom stereocenters. The van der Waals surface area contributed by atoms with Crippen molar-refractivity contribution in [2.24, 2.45) is 7.05 Å². The Balaban J connectivity index is 1.50. The Morgan fingerprint density at radius 1 is 1.30 bits per heavy atom. The Kier molecular flexibility index (Phi) is 4.75. The van der Waals surface area contributed by atoms with Crippen molar-refractivity contribution in [3.05, 3.63) is 65.8 Å². The van der Waals surface area contributed by atoms with Gasteiger partial charge < -0.3 is 14.0 Å². The summed E-state index contributed by atoms with van der Waals surface area (Å²) in [4.78, 5) is 18.9. The van der Waals surface area contributed by atoms with Gasteiger partial charge in [-0.1, -0.05) is 17.7 Å². The normalized spacial score (nSPS) is 17.3. The zero-order valence-electron chi connectivity index (χ0n) is 15.7. The number of aryl methyl sites for hydroxylation is 1. The number of aromatic nitrogens is 5. The van der Waals surface area contributed by atoms with E-state index in [4.69, 9.17) is 0 Å². The summed E-state index contributed by atoms with van der Waals surface area (Å²) in [7, 11) is 2.00. The zero-order chi connectivity index (χ0) is 18.8. The van der Waals surface area contributed by atoms with Gasteiger partial charge in [0.1, 0.15) is 5.82 Å². The lowest BCUT2D eigenvalue weighted by molar-refractivity contribution is 0.0703. The van der Waals surface area contributed by atoms with Gasteiger partial charge in [0, 0.05) is 44.0 Å². The molecular weight excluding hydrogens is 340 g/mol. The molecule has 140 valence electrons. The van der Waals surface area contributed by atoms with Crippen molar-refractivity contribution in [1.29, 1.82) is 0 Å². The van der Waals surface area contributed by atoms with Crippen LogP contribution in [0.2, 0.25) is 0 Å². The number of nitrogens with zero attached hydrogens (tertiary/aromatic N) is 6. The van der Waals surface area contributed by atoms with Crippen LogP contribution in [0.3, 0.4) is 0 Å². The Hall–Kier alpha value is -2.96. The smallest absolute Gasteiger partial charge is 0.253 e. The molecule has 7 nitrogen and oxygen atoms in total. The van der Waals surface area contributed by atoms with E-state index in [1.54, 1.807) is 12.5 Å². The third-order valence-corrected chi connectivity index (χ3v) is 5.22. The number of likely N-dealkylation sites (tertiary alicyclic amines) is 1. The topological polar surface area (TPSA) is 68.8 Å². The molecule has 0 saturated carbocycles. The first-order chi connectivity index (χ1) is 13.1. The van der Waals surface area contributed by atoms with E-state index >= 15 is 0 Å². The molecule has 1 saturated heterocycles. The fourth-order valence-electron chi connectivity index (χ4n) is 3.75. The maximum atomic E-state index is 12.9. The van der Waals surface area contributed by atoms with Gasteiger partial charge in [-0.25, -0.2) is 4.98 Å². The number of rotatable bonds is 4. The number of carbonyl (C=O) groups excluding carboxylic acids is 1. The predicted molar refractivity (Wildman–Crippen MR) is 101 cm³/mol. The van der Waals surface area contributed by atoms with E-state index in [0.29, 0.717) is 13.1 Å². The molecular formula is C20H24N6O. The molecule has 1 aromatic carbocycles. The Bertz CT molecular complexity index is 930. The largest absolute Gasteiger partial charge is 0.338 e. The molecule has 1 aliphatic heterocycles. The first-order valence-electron chi connectivity index (χ1n) is 9.31. The third-order valence-electron chi connectivity index (χ3n) is 5.22. The minimum atomic E-state index is 0.101. The van der Waals surface area contributed by atoms with Gasteiger partial charge >= 0.3 is 0 Å². The maximum absolute atomic E-state index is 12.9. The molecule has 7 heteroatoms. The minimum Gasteiger partial charge on any atom is -0.338 e. The molecule has 1 fully saturated rings. The number of piperidine rings is 1. The molecule has 1 amide bonds. The molecule has 4 rings (SSSR count). The van der Waals surface area contributed by atoms with Gasteiger partial charge in [-0.3, -0.25) is 4.79 Å². The molecule has 0 spiro atoms. The van der Waals surface area contributed by atoms with Crippen molar-refractivity contribution in [2.45, 2.75) is 32.2 Å². The van der Waals surface area contributed by atoms with Gasteiger partial charge in [-0.15, -0.1) is 10.2 Å². The standard InChI is InChI=1S/C20H24N6O/c1-15-5-3-6-16(11-15)20(27)26-9-4-7-17(12-26)19-23-22-18(24(19)2)13-25-10-8-21-14-25/h3,5-6,8,10-11,14,17H,4,7,9,12-13H2,1-2H3/t17-/m0/s1. The quantitative estimate of drug-likeness (QED) is 0.713. The molecule has 3 heterocycles. The molecule has 0 radical (unpaired) electrons. The highest BCUT2D eigenvalue weighted by Crippen LogP contribution is 2.27. The second kappa shape index (κ2) is 7.34. The Morgan fingerprint density at radius 2 is 2.19 bits per heavy atom. The SMILES string of the molecule is Cc1cccc(C(=O)N2CCC[C@H](c3nnc(Cn4ccnc4)n3C)C2)c1. The number of benzene rings is 1. The molecule has 0 aliphatic carbocycles. The summed E-state index contributed by atoms with van der Waals surface area (Å²) in [5.74, 6) is 2.16. The monoisotopic (exact) mass is 364 g/mol. The van der Waals surface area contributed by atoms with Crippen LogP contribution in [0.15, 0.2) is 43.0 Å². The van der Waals surface area contributed by atoms with Crippen molar-refractivity contribution >= 4 is 5.91 Å². The fourth-order valence-corrected chi connectivity index (χ4v) is 3.75. The van der Waals surface area contributed by atoms with Crippen LogP contribution in [0.25, 0.3) is 0 Å². The summed E-state index contributed by atoms with van der Waals surface area (Å²) in [5, 5.41) is 8.81. The van der Waals surface area contributed by atoms with Crippen LogP contribution >= 0.6 is 0 Å². The summed E-state index contributed by atoms with van der Waals surface area (Å²) in [5.41, 5.74) is 1.86. The maximum Gasteiger partial charge on any atom is 0.253 e. The van der Waals surface area contributed by atoms with Crippen LogP contribution in [-0.2, 0) is 13.6 Å². The van der Waals surface area contributed by atoms with Crippen molar-refractivity contribution in [1.82, 2.24) is 29.2 Å². The van der Waals surface area contributed by atoms with Gasteiger partial charge in [-0.2, -0.15) is 0 Å². The van der Waals surface area contributed by atoms with E-state index in [0.717, 1.165) is 42.2 Å². The van der Waals surface area contributed by atoms with Crippen LogP contribution in [0.4, 0.5) is 0 Å². The summed E-state index contributed by atoms with van der Waals surface area (Å²) in [6, 6.07) is 7.80. The summed E-state index contributed by atoms with van der Waals surface area (Å²) in [6.45, 7) is 4.13. The van der Waals surface area contributed by atoms with E-state index in [2.05, 4.69) is 19.7 Å². The van der Waals surface area contributed by atoms with Crippen molar-refractivity contribution in [3.8, 4) is 0 Å². The van der Waals surface area contributed by atoms with E-state index in [1.165, 1.54) is 0 Å². The van der Waals surface area contributed by atoms with Gasteiger partial charge in [0.25, 0.3) is 5.91 Å². The molecule has 1 aliphatic rings. The predicted octanol–water partition coefficient (Wildman–Crippen LogP) is 2.39. The Labute approximate surface area is 158 Å². The minimum absolute atomic E-state index is 0.101. The molecule has 3 aromatic rings. The second-order valence-electron chi connectivity index (χ2n) is 7.23. The number of hydrogen-bond acceptors (Lipinski definition) is 4. The van der Waals surface area contributed by atoms with Crippen LogP contribution in [-0.4, -0.2) is 48.2 Å². The van der Waals surface area contributed by atoms with E-state index in [-0.39, 0.29) is 11.8 Å². The second-order valence-corrected chi connectivity index (χ2v) is 7.23. The molecule has 2 aromatic heterocycles. The van der Waals surface area contributed by atoms with E-state index in [9.17, 15) is 4.79 Å². The number of amides is 1. The van der Waals surface area contributed by atoms with Gasteiger partial charge in [-0.05, 0) is 31.9 Å². The van der Waals surface area contributed by atoms with E-state index in [1.807, 2.05) is 53.9 Å². The summed E-state index contributed by atoms with van der Waals surface area (Å²) >= 11 is 0. The molecule has 0 bridgehead atoms. The van der Waals surface area contributed by atoms with Gasteiger partial charge in [0.15, 0.2) is 5.82 Å². The lowest BCUT2D eigenvalue weighted by Gasteiger charge is -2.32. The number of imidazole rings is 1. The van der Waals surface area contributed by atoms with Gasteiger partial charge in [0.05, 0.1) is 12.9 Å². The average molecular weight is 364 g/mol. The first kappa shape index (κ1) is 17.5. The molecule has 27 heavy (non-hydrogen) atoms. The highest BCUT2D eigenvalue weighted by atomic mass is 16.2. The van der Waals surface area contributed by atoms with Crippen molar-refractivity contribution in [2.75, 3.05) is 13.1 Å². The third kappa shape index (κ3) is 3.63. The number of carbonyl (C=O) groups is 1. The Morgan fingerprint density at radius 3 is 2.96 bits per heavy atom. The summed E-state index contributed by atoms with van der Waals surface area (Å²) in [6.07, 6.45) is 7.45. The van der Waals surface area contributed by atoms with Crippen molar-refractivity contribution in [3.63, 3.8) is 0 Å². The first-order valence-corrected chi connectivity index (χ1v) is 9.31.